The van der Waals surface area contributed by atoms with Gasteiger partial charge in [0.1, 0.15) is 11.1 Å². The number of sulfonamides is 1. The molecule has 0 unspecified atom stereocenters. The average Bonchev–Trinajstić information content (AvgIpc) is 2.80. The van der Waals surface area contributed by atoms with Crippen LogP contribution in [0, 0.1) is 5.82 Å². The number of rotatable bonds is 5. The minimum absolute atomic E-state index is 0.117. The van der Waals surface area contributed by atoms with Gasteiger partial charge >= 0.3 is 0 Å². The minimum Gasteiger partial charge on any atom is -0.377 e. The van der Waals surface area contributed by atoms with Crippen molar-refractivity contribution in [2.24, 2.45) is 0 Å². The molecule has 0 radical (unpaired) electrons. The Morgan fingerprint density at radius 3 is 2.85 bits per heavy atom. The molecule has 20 heavy (non-hydrogen) atoms. The van der Waals surface area contributed by atoms with E-state index in [2.05, 4.69) is 4.72 Å². The van der Waals surface area contributed by atoms with Gasteiger partial charge in [-0.2, -0.15) is 0 Å². The predicted molar refractivity (Wildman–Crippen MR) is 75.9 cm³/mol. The molecule has 0 aliphatic carbocycles. The summed E-state index contributed by atoms with van der Waals surface area (Å²) in [4.78, 5) is 0. The second-order valence-corrected chi connectivity index (χ2v) is 7.18. The van der Waals surface area contributed by atoms with E-state index in [-0.39, 0.29) is 19.1 Å². The average molecular weight is 322 g/mol. The highest BCUT2D eigenvalue weighted by molar-refractivity contribution is 7.90. The number of nitrogens with one attached hydrogen (secondary N) is 1. The zero-order valence-corrected chi connectivity index (χ0v) is 12.7. The quantitative estimate of drug-likeness (QED) is 0.903. The van der Waals surface area contributed by atoms with E-state index in [0.29, 0.717) is 23.6 Å². The highest BCUT2D eigenvalue weighted by Gasteiger charge is 2.35. The maximum absolute atomic E-state index is 13.6. The van der Waals surface area contributed by atoms with Crippen molar-refractivity contribution in [3.05, 3.63) is 34.6 Å². The van der Waals surface area contributed by atoms with Crippen molar-refractivity contribution < 1.29 is 17.5 Å². The van der Waals surface area contributed by atoms with Gasteiger partial charge in [-0.05, 0) is 31.9 Å². The molecule has 112 valence electrons. The zero-order valence-electron chi connectivity index (χ0n) is 11.1. The lowest BCUT2D eigenvalue weighted by atomic mass is 10.1. The lowest BCUT2D eigenvalue weighted by Crippen LogP contribution is -2.39. The summed E-state index contributed by atoms with van der Waals surface area (Å²) >= 11 is 5.89. The van der Waals surface area contributed by atoms with E-state index in [4.69, 9.17) is 16.3 Å². The van der Waals surface area contributed by atoms with E-state index < -0.39 is 21.1 Å². The summed E-state index contributed by atoms with van der Waals surface area (Å²) in [5.74, 6) is -0.422. The molecule has 0 saturated carbocycles. The molecule has 0 amide bonds. The van der Waals surface area contributed by atoms with Gasteiger partial charge < -0.3 is 4.74 Å². The molecule has 1 aliphatic rings. The molecule has 2 atom stereocenters. The molecule has 1 fully saturated rings. The van der Waals surface area contributed by atoms with E-state index >= 15 is 0 Å². The topological polar surface area (TPSA) is 55.4 Å². The van der Waals surface area contributed by atoms with Crippen molar-refractivity contribution in [1.82, 2.24) is 4.72 Å². The number of benzene rings is 1. The third kappa shape index (κ3) is 3.49. The Morgan fingerprint density at radius 2 is 2.25 bits per heavy atom. The van der Waals surface area contributed by atoms with Crippen molar-refractivity contribution in [2.45, 2.75) is 31.1 Å². The molecule has 2 rings (SSSR count). The van der Waals surface area contributed by atoms with E-state index in [1.54, 1.807) is 13.0 Å². The maximum atomic E-state index is 13.6. The maximum Gasteiger partial charge on any atom is 0.217 e. The van der Waals surface area contributed by atoms with Crippen molar-refractivity contribution in [2.75, 3.05) is 13.2 Å². The summed E-state index contributed by atoms with van der Waals surface area (Å²) < 4.78 is 45.5. The smallest absolute Gasteiger partial charge is 0.217 e. The van der Waals surface area contributed by atoms with Gasteiger partial charge in [0, 0.05) is 23.7 Å². The molecule has 0 spiro atoms. The lowest BCUT2D eigenvalue weighted by Gasteiger charge is -2.16. The lowest BCUT2D eigenvalue weighted by molar-refractivity contribution is 0.126. The van der Waals surface area contributed by atoms with Gasteiger partial charge in [-0.15, -0.1) is 0 Å². The Bertz CT molecular complexity index is 559. The number of hydrogen-bond acceptors (Lipinski definition) is 3. The highest BCUT2D eigenvalue weighted by Crippen LogP contribution is 2.21. The van der Waals surface area contributed by atoms with Crippen LogP contribution in [-0.2, 0) is 21.2 Å². The van der Waals surface area contributed by atoms with Gasteiger partial charge in [0.15, 0.2) is 0 Å². The minimum atomic E-state index is -3.45. The second kappa shape index (κ2) is 6.39. The Labute approximate surface area is 123 Å². The molecule has 1 aromatic carbocycles. The zero-order chi connectivity index (χ0) is 14.8. The fraction of sp³-hybridized carbons (Fsp3) is 0.538. The third-order valence-corrected chi connectivity index (χ3v) is 5.82. The van der Waals surface area contributed by atoms with Crippen molar-refractivity contribution in [3.8, 4) is 0 Å². The van der Waals surface area contributed by atoms with Gasteiger partial charge in [0.2, 0.25) is 10.0 Å². The van der Waals surface area contributed by atoms with Crippen molar-refractivity contribution in [3.63, 3.8) is 0 Å². The van der Waals surface area contributed by atoms with Crippen LogP contribution in [0.3, 0.4) is 0 Å². The molecule has 1 aromatic rings. The Morgan fingerprint density at radius 1 is 1.50 bits per heavy atom. The number of hydrogen-bond donors (Lipinski definition) is 1. The first-order chi connectivity index (χ1) is 9.42. The third-order valence-electron chi connectivity index (χ3n) is 3.45. The predicted octanol–water partition coefficient (Wildman–Crippen LogP) is 2.12. The first kappa shape index (κ1) is 15.7. The standard InChI is InChI=1S/C13H17ClFNO3S/c1-9-13(6-8-19-9)20(17,18)16-7-5-10-11(14)3-2-4-12(10)15/h2-4,9,13,16H,5-8H2,1H3/t9-,13-/m0/s1. The van der Waals surface area contributed by atoms with Crippen LogP contribution in [-0.4, -0.2) is 32.9 Å². The molecule has 4 nitrogen and oxygen atoms in total. The molecule has 0 aromatic heterocycles. The molecule has 0 bridgehead atoms. The van der Waals surface area contributed by atoms with Crippen LogP contribution in [0.15, 0.2) is 18.2 Å². The van der Waals surface area contributed by atoms with E-state index in [1.807, 2.05) is 0 Å². The fourth-order valence-electron chi connectivity index (χ4n) is 2.32. The Balaban J connectivity index is 1.96. The highest BCUT2D eigenvalue weighted by atomic mass is 35.5. The van der Waals surface area contributed by atoms with E-state index in [1.165, 1.54) is 12.1 Å². The SMILES string of the molecule is C[C@@H]1OCC[C@@H]1S(=O)(=O)NCCc1c(F)cccc1Cl. The molecular weight excluding hydrogens is 305 g/mol. The molecule has 1 aliphatic heterocycles. The normalized spacial score (nSPS) is 23.1. The second-order valence-electron chi connectivity index (χ2n) is 4.79. The van der Waals surface area contributed by atoms with Gasteiger partial charge in [-0.25, -0.2) is 17.5 Å². The van der Waals surface area contributed by atoms with Crippen LogP contribution in [0.1, 0.15) is 18.9 Å². The Kier molecular flexibility index (Phi) is 5.01. The van der Waals surface area contributed by atoms with Crippen molar-refractivity contribution in [1.29, 1.82) is 0 Å². The first-order valence-electron chi connectivity index (χ1n) is 6.45. The summed E-state index contributed by atoms with van der Waals surface area (Å²) in [6.45, 7) is 2.31. The van der Waals surface area contributed by atoms with E-state index in [9.17, 15) is 12.8 Å². The van der Waals surface area contributed by atoms with Gasteiger partial charge in [-0.3, -0.25) is 0 Å². The molecular formula is C13H17ClFNO3S. The summed E-state index contributed by atoms with van der Waals surface area (Å²) in [7, 11) is -3.45. The van der Waals surface area contributed by atoms with Crippen LogP contribution in [0.4, 0.5) is 4.39 Å². The van der Waals surface area contributed by atoms with Gasteiger partial charge in [0.05, 0.1) is 6.10 Å². The van der Waals surface area contributed by atoms with Crippen LogP contribution in [0.25, 0.3) is 0 Å². The summed E-state index contributed by atoms with van der Waals surface area (Å²) in [5, 5.41) is -0.236. The van der Waals surface area contributed by atoms with Crippen molar-refractivity contribution >= 4 is 21.6 Å². The largest absolute Gasteiger partial charge is 0.377 e. The fourth-order valence-corrected chi connectivity index (χ4v) is 4.16. The molecule has 1 saturated heterocycles. The number of halogens is 2. The number of ether oxygens (including phenoxy) is 1. The van der Waals surface area contributed by atoms with Gasteiger partial charge in [-0.1, -0.05) is 17.7 Å². The van der Waals surface area contributed by atoms with Crippen LogP contribution >= 0.6 is 11.6 Å². The van der Waals surface area contributed by atoms with Crippen LogP contribution in [0.5, 0.6) is 0 Å². The summed E-state index contributed by atoms with van der Waals surface area (Å²) in [6, 6.07) is 4.41. The Hall–Kier alpha value is -0.690. The monoisotopic (exact) mass is 321 g/mol. The van der Waals surface area contributed by atoms with E-state index in [0.717, 1.165) is 0 Å². The molecule has 1 heterocycles. The van der Waals surface area contributed by atoms with Crippen LogP contribution < -0.4 is 4.72 Å². The van der Waals surface area contributed by atoms with Crippen LogP contribution in [0.2, 0.25) is 5.02 Å². The molecule has 7 heteroatoms. The molecule has 1 N–H and O–H groups in total. The summed E-state index contributed by atoms with van der Waals surface area (Å²) in [6.07, 6.45) is 0.383. The van der Waals surface area contributed by atoms with Gasteiger partial charge in [0.25, 0.3) is 0 Å². The summed E-state index contributed by atoms with van der Waals surface area (Å²) in [5.41, 5.74) is 0.326. The first-order valence-corrected chi connectivity index (χ1v) is 8.37.